The molecule has 6 nitrogen and oxygen atoms in total. The van der Waals surface area contributed by atoms with E-state index in [0.29, 0.717) is 0 Å². The number of likely N-dealkylation sites (tertiary alicyclic amines) is 1. The van der Waals surface area contributed by atoms with Gasteiger partial charge in [-0.2, -0.15) is 0 Å². The van der Waals surface area contributed by atoms with Crippen LogP contribution in [0.3, 0.4) is 0 Å². The van der Waals surface area contributed by atoms with Gasteiger partial charge in [0, 0.05) is 6.54 Å². The molecule has 1 aliphatic rings. The number of halogens is 1. The van der Waals surface area contributed by atoms with Gasteiger partial charge in [0.05, 0.1) is 19.8 Å². The predicted octanol–water partition coefficient (Wildman–Crippen LogP) is 1.72. The third-order valence-corrected chi connectivity index (χ3v) is 3.27. The average Bonchev–Trinajstić information content (AvgIpc) is 2.59. The Bertz CT molecular complexity index is 388. The first-order valence-electron chi connectivity index (χ1n) is 7.27. The van der Waals surface area contributed by atoms with E-state index in [1.165, 1.54) is 0 Å². The summed E-state index contributed by atoms with van der Waals surface area (Å²) in [6, 6.07) is 0. The van der Waals surface area contributed by atoms with Crippen LogP contribution in [0.2, 0.25) is 0 Å². The molecule has 2 atom stereocenters. The van der Waals surface area contributed by atoms with E-state index in [4.69, 9.17) is 9.47 Å². The van der Waals surface area contributed by atoms with E-state index in [9.17, 15) is 18.8 Å². The maximum absolute atomic E-state index is 13.9. The molecular weight excluding hydrogens is 281 g/mol. The fourth-order valence-corrected chi connectivity index (χ4v) is 2.06. The van der Waals surface area contributed by atoms with Crippen molar-refractivity contribution in [3.05, 3.63) is 0 Å². The number of ketones is 1. The van der Waals surface area contributed by atoms with E-state index >= 15 is 0 Å². The number of hydrogen-bond acceptors (Lipinski definition) is 5. The lowest BCUT2D eigenvalue weighted by atomic mass is 9.98. The number of rotatable bonds is 5. The Morgan fingerprint density at radius 1 is 1.33 bits per heavy atom. The first kappa shape index (κ1) is 17.4. The van der Waals surface area contributed by atoms with Gasteiger partial charge < -0.3 is 14.4 Å². The van der Waals surface area contributed by atoms with E-state index in [1.54, 1.807) is 6.92 Å². The minimum Gasteiger partial charge on any atom is -0.465 e. The Balaban J connectivity index is 2.64. The zero-order valence-corrected chi connectivity index (χ0v) is 12.5. The van der Waals surface area contributed by atoms with Gasteiger partial charge in [-0.15, -0.1) is 0 Å². The molecule has 21 heavy (non-hydrogen) atoms. The molecule has 0 spiro atoms. The number of carbonyl (C=O) groups excluding carboxylic acids is 3. The van der Waals surface area contributed by atoms with Crippen molar-refractivity contribution in [2.24, 2.45) is 5.92 Å². The van der Waals surface area contributed by atoms with Gasteiger partial charge in [0.15, 0.2) is 12.0 Å². The lowest BCUT2D eigenvalue weighted by molar-refractivity contribution is -0.152. The molecule has 0 saturated carbocycles. The Hall–Kier alpha value is -1.66. The van der Waals surface area contributed by atoms with Gasteiger partial charge in [-0.3, -0.25) is 9.59 Å². The number of carbonyl (C=O) groups is 3. The molecule has 0 aromatic rings. The standard InChI is InChI=1S/C14H22FNO5/c1-3-5-8-21-14(19)16-7-6-10(13(18)20-4-2)12(17)11(15)9-16/h10-11H,3-9H2,1-2H3. The fraction of sp³-hybridized carbons (Fsp3) is 0.786. The van der Waals surface area contributed by atoms with Gasteiger partial charge in [-0.05, 0) is 19.8 Å². The zero-order valence-electron chi connectivity index (χ0n) is 12.5. The molecular formula is C14H22FNO5. The molecule has 1 saturated heterocycles. The number of Topliss-reactive ketones (excluding diaryl/α,β-unsaturated/α-hetero) is 1. The molecule has 1 rings (SSSR count). The topological polar surface area (TPSA) is 72.9 Å². The zero-order chi connectivity index (χ0) is 15.8. The first-order valence-corrected chi connectivity index (χ1v) is 7.27. The van der Waals surface area contributed by atoms with E-state index in [1.807, 2.05) is 6.92 Å². The highest BCUT2D eigenvalue weighted by molar-refractivity contribution is 6.01. The second-order valence-corrected chi connectivity index (χ2v) is 4.88. The summed E-state index contributed by atoms with van der Waals surface area (Å²) in [5.41, 5.74) is 0. The van der Waals surface area contributed by atoms with Crippen LogP contribution in [0.4, 0.5) is 9.18 Å². The van der Waals surface area contributed by atoms with E-state index in [0.717, 1.165) is 17.7 Å². The Labute approximate surface area is 123 Å². The Kier molecular flexibility index (Phi) is 7.11. The quantitative estimate of drug-likeness (QED) is 0.439. The lowest BCUT2D eigenvalue weighted by Gasteiger charge is -2.20. The summed E-state index contributed by atoms with van der Waals surface area (Å²) in [7, 11) is 0. The molecule has 0 radical (unpaired) electrons. The molecule has 2 unspecified atom stereocenters. The molecule has 120 valence electrons. The average molecular weight is 303 g/mol. The lowest BCUT2D eigenvalue weighted by Crippen LogP contribution is -2.37. The summed E-state index contributed by atoms with van der Waals surface area (Å²) in [4.78, 5) is 36.4. The van der Waals surface area contributed by atoms with Gasteiger partial charge in [-0.1, -0.05) is 13.3 Å². The maximum Gasteiger partial charge on any atom is 0.409 e. The van der Waals surface area contributed by atoms with E-state index < -0.39 is 29.9 Å². The van der Waals surface area contributed by atoms with Crippen molar-refractivity contribution in [1.82, 2.24) is 4.90 Å². The van der Waals surface area contributed by atoms with Crippen LogP contribution in [0.15, 0.2) is 0 Å². The van der Waals surface area contributed by atoms with Crippen molar-refractivity contribution < 1.29 is 28.2 Å². The monoisotopic (exact) mass is 303 g/mol. The van der Waals surface area contributed by atoms with Gasteiger partial charge >= 0.3 is 12.1 Å². The van der Waals surface area contributed by atoms with Gasteiger partial charge in [-0.25, -0.2) is 9.18 Å². The maximum atomic E-state index is 13.9. The third-order valence-electron chi connectivity index (χ3n) is 3.27. The molecule has 0 aliphatic carbocycles. The molecule has 0 N–H and O–H groups in total. The van der Waals surface area contributed by atoms with Crippen LogP contribution in [0.5, 0.6) is 0 Å². The molecule has 0 aromatic carbocycles. The minimum atomic E-state index is -1.89. The third kappa shape index (κ3) is 4.99. The second kappa shape index (κ2) is 8.59. The van der Waals surface area contributed by atoms with E-state index in [2.05, 4.69) is 0 Å². The van der Waals surface area contributed by atoms with Crippen LogP contribution in [0.25, 0.3) is 0 Å². The Morgan fingerprint density at radius 2 is 2.05 bits per heavy atom. The fourth-order valence-electron chi connectivity index (χ4n) is 2.06. The highest BCUT2D eigenvalue weighted by Gasteiger charge is 2.39. The number of esters is 1. The van der Waals surface area contributed by atoms with Crippen molar-refractivity contribution in [1.29, 1.82) is 0 Å². The Morgan fingerprint density at radius 3 is 2.67 bits per heavy atom. The molecule has 1 fully saturated rings. The van der Waals surface area contributed by atoms with Crippen LogP contribution in [0, 0.1) is 5.92 Å². The van der Waals surface area contributed by atoms with Gasteiger partial charge in [0.25, 0.3) is 0 Å². The normalized spacial score (nSPS) is 22.6. The summed E-state index contributed by atoms with van der Waals surface area (Å²) in [6.45, 7) is 3.68. The van der Waals surface area contributed by atoms with Crippen LogP contribution >= 0.6 is 0 Å². The van der Waals surface area contributed by atoms with Gasteiger partial charge in [0.1, 0.15) is 5.92 Å². The molecule has 0 bridgehead atoms. The van der Waals surface area contributed by atoms with Crippen molar-refractivity contribution >= 4 is 17.8 Å². The van der Waals surface area contributed by atoms with Crippen LogP contribution < -0.4 is 0 Å². The summed E-state index contributed by atoms with van der Waals surface area (Å²) in [5.74, 6) is -2.70. The number of unbranched alkanes of at least 4 members (excludes halogenated alkanes) is 1. The number of amides is 1. The first-order chi connectivity index (χ1) is 10.0. The number of hydrogen-bond donors (Lipinski definition) is 0. The highest BCUT2D eigenvalue weighted by atomic mass is 19.1. The van der Waals surface area contributed by atoms with Crippen molar-refractivity contribution in [2.75, 3.05) is 26.3 Å². The van der Waals surface area contributed by atoms with Crippen molar-refractivity contribution in [3.63, 3.8) is 0 Å². The number of ether oxygens (including phenoxy) is 2. The van der Waals surface area contributed by atoms with Crippen molar-refractivity contribution in [2.45, 2.75) is 39.3 Å². The largest absolute Gasteiger partial charge is 0.465 e. The summed E-state index contributed by atoms with van der Waals surface area (Å²) >= 11 is 0. The SMILES string of the molecule is CCCCOC(=O)N1CCC(C(=O)OCC)C(=O)C(F)C1. The molecule has 1 heterocycles. The minimum absolute atomic E-state index is 0.0565. The van der Waals surface area contributed by atoms with Gasteiger partial charge in [0.2, 0.25) is 0 Å². The summed E-state index contributed by atoms with van der Waals surface area (Å²) in [6.07, 6.45) is -0.879. The predicted molar refractivity (Wildman–Crippen MR) is 72.5 cm³/mol. The number of alkyl halides is 1. The summed E-state index contributed by atoms with van der Waals surface area (Å²) < 4.78 is 23.6. The second-order valence-electron chi connectivity index (χ2n) is 4.88. The molecule has 1 amide bonds. The smallest absolute Gasteiger partial charge is 0.409 e. The molecule has 0 aromatic heterocycles. The van der Waals surface area contributed by atoms with E-state index in [-0.39, 0.29) is 32.7 Å². The van der Waals surface area contributed by atoms with Crippen LogP contribution in [0.1, 0.15) is 33.1 Å². The van der Waals surface area contributed by atoms with Crippen molar-refractivity contribution in [3.8, 4) is 0 Å². The highest BCUT2D eigenvalue weighted by Crippen LogP contribution is 2.19. The summed E-state index contributed by atoms with van der Waals surface area (Å²) in [5, 5.41) is 0. The molecule has 1 aliphatic heterocycles. The number of nitrogens with zero attached hydrogens (tertiary/aromatic N) is 1. The van der Waals surface area contributed by atoms with Crippen LogP contribution in [-0.2, 0) is 19.1 Å². The van der Waals surface area contributed by atoms with Crippen LogP contribution in [-0.4, -0.2) is 55.2 Å². The molecule has 7 heteroatoms.